The molecule has 0 amide bonds. The van der Waals surface area contributed by atoms with Crippen molar-refractivity contribution < 1.29 is 17.0 Å². The number of unbranched alkanes of at least 4 members (excludes halogenated alkanes) is 30. The average Bonchev–Trinajstić information content (AvgIpc) is 3.03. The minimum atomic E-state index is 0. The van der Waals surface area contributed by atoms with Crippen LogP contribution in [0.2, 0.25) is 0 Å². The molecule has 2 heteroatoms. The molecule has 0 aliphatic rings. The van der Waals surface area contributed by atoms with E-state index in [-0.39, 0.29) is 12.4 Å². The van der Waals surface area contributed by atoms with E-state index in [2.05, 4.69) is 50.0 Å². The van der Waals surface area contributed by atoms with Crippen LogP contribution in [0.15, 0.2) is 24.5 Å². The van der Waals surface area contributed by atoms with Gasteiger partial charge in [0.1, 0.15) is 7.05 Å². The molecule has 0 saturated carbocycles. The quantitative estimate of drug-likeness (QED) is 0.0509. The number of pyridine rings is 1. The molecular formula is C43H82ClN. The molecule has 0 bridgehead atoms. The van der Waals surface area contributed by atoms with Crippen molar-refractivity contribution >= 4 is 0 Å². The summed E-state index contributed by atoms with van der Waals surface area (Å²) in [7, 11) is 2.14. The highest BCUT2D eigenvalue weighted by molar-refractivity contribution is 5.13. The molecule has 0 unspecified atom stereocenters. The van der Waals surface area contributed by atoms with Crippen LogP contribution < -0.4 is 17.0 Å². The fraction of sp³-hybridized carbons (Fsp3) is 0.884. The summed E-state index contributed by atoms with van der Waals surface area (Å²) in [6.45, 7) is 4.62. The van der Waals surface area contributed by atoms with Gasteiger partial charge in [0.15, 0.2) is 12.4 Å². The Morgan fingerprint density at radius 3 is 0.844 bits per heavy atom. The minimum Gasteiger partial charge on any atom is -1.00 e. The lowest BCUT2D eigenvalue weighted by molar-refractivity contribution is -0.671. The maximum absolute atomic E-state index is 2.39. The summed E-state index contributed by atoms with van der Waals surface area (Å²) in [5, 5.41) is 0. The van der Waals surface area contributed by atoms with Crippen molar-refractivity contribution in [3.63, 3.8) is 0 Å². The first kappa shape index (κ1) is 44.4. The summed E-state index contributed by atoms with van der Waals surface area (Å²) in [6, 6.07) is 4.78. The lowest BCUT2D eigenvalue weighted by Crippen LogP contribution is -3.00. The number of nitrogens with zero attached hydrogens (tertiary/aromatic N) is 1. The van der Waals surface area contributed by atoms with Crippen LogP contribution in [0.25, 0.3) is 0 Å². The molecule has 1 nitrogen and oxygen atoms in total. The Bertz CT molecular complexity index is 635. The molecule has 0 fully saturated rings. The van der Waals surface area contributed by atoms with Gasteiger partial charge in [0.05, 0.1) is 0 Å². The van der Waals surface area contributed by atoms with E-state index in [0.717, 1.165) is 5.92 Å². The summed E-state index contributed by atoms with van der Waals surface area (Å²) in [5.41, 5.74) is 1.59. The van der Waals surface area contributed by atoms with Gasteiger partial charge in [-0.15, -0.1) is 0 Å². The molecule has 1 rings (SSSR count). The summed E-state index contributed by atoms with van der Waals surface area (Å²) < 4.78 is 2.18. The molecule has 0 aliphatic heterocycles. The Hall–Kier alpha value is -0.560. The van der Waals surface area contributed by atoms with Crippen LogP contribution in [-0.4, -0.2) is 0 Å². The molecular weight excluding hydrogens is 566 g/mol. The van der Waals surface area contributed by atoms with Crippen LogP contribution in [0.1, 0.15) is 244 Å². The zero-order valence-electron chi connectivity index (χ0n) is 31.3. The van der Waals surface area contributed by atoms with Gasteiger partial charge >= 0.3 is 0 Å². The van der Waals surface area contributed by atoms with Crippen LogP contribution in [0.5, 0.6) is 0 Å². The van der Waals surface area contributed by atoms with Gasteiger partial charge in [-0.3, -0.25) is 0 Å². The summed E-state index contributed by atoms with van der Waals surface area (Å²) in [6.07, 6.45) is 53.9. The van der Waals surface area contributed by atoms with E-state index in [4.69, 9.17) is 0 Å². The Balaban J connectivity index is 0.0000194. The van der Waals surface area contributed by atoms with Gasteiger partial charge in [-0.25, -0.2) is 4.57 Å². The van der Waals surface area contributed by atoms with E-state index in [9.17, 15) is 0 Å². The van der Waals surface area contributed by atoms with Gasteiger partial charge < -0.3 is 12.4 Å². The highest BCUT2D eigenvalue weighted by Gasteiger charge is 2.12. The summed E-state index contributed by atoms with van der Waals surface area (Å²) >= 11 is 0. The lowest BCUT2D eigenvalue weighted by Gasteiger charge is -2.17. The van der Waals surface area contributed by atoms with Crippen molar-refractivity contribution in [1.82, 2.24) is 0 Å². The lowest BCUT2D eigenvalue weighted by atomic mass is 9.88. The Kier molecular flexibility index (Phi) is 35.8. The minimum absolute atomic E-state index is 0. The molecule has 0 aliphatic carbocycles. The zero-order chi connectivity index (χ0) is 31.6. The predicted octanol–water partition coefficient (Wildman–Crippen LogP) is 11.9. The second-order valence-electron chi connectivity index (χ2n) is 14.7. The maximum atomic E-state index is 2.39. The Morgan fingerprint density at radius 2 is 0.600 bits per heavy atom. The van der Waals surface area contributed by atoms with E-state index < -0.39 is 0 Å². The van der Waals surface area contributed by atoms with Crippen LogP contribution >= 0.6 is 0 Å². The third kappa shape index (κ3) is 30.5. The van der Waals surface area contributed by atoms with Gasteiger partial charge in [0.25, 0.3) is 0 Å². The summed E-state index contributed by atoms with van der Waals surface area (Å²) in [5.74, 6) is 0.773. The molecule has 1 heterocycles. The van der Waals surface area contributed by atoms with Crippen molar-refractivity contribution in [3.05, 3.63) is 30.1 Å². The Labute approximate surface area is 291 Å². The zero-order valence-corrected chi connectivity index (χ0v) is 32.0. The number of hydrogen-bond acceptors (Lipinski definition) is 0. The largest absolute Gasteiger partial charge is 1.00 e. The summed E-state index contributed by atoms with van der Waals surface area (Å²) in [4.78, 5) is 0. The van der Waals surface area contributed by atoms with E-state index >= 15 is 0 Å². The SMILES string of the molecule is CCCCCCCCCCCCCCCCCCC(CCCCCCCCCCCCCCCCCC)c1cc[n+](C)cc1.[Cl-]. The first-order valence-corrected chi connectivity index (χ1v) is 20.7. The van der Waals surface area contributed by atoms with Crippen molar-refractivity contribution in [2.75, 3.05) is 0 Å². The van der Waals surface area contributed by atoms with E-state index in [1.165, 1.54) is 218 Å². The normalized spacial score (nSPS) is 11.4. The first-order valence-electron chi connectivity index (χ1n) is 20.7. The van der Waals surface area contributed by atoms with Crippen LogP contribution in [0.3, 0.4) is 0 Å². The molecule has 1 aromatic heterocycles. The monoisotopic (exact) mass is 648 g/mol. The smallest absolute Gasteiger partial charge is 0.168 e. The predicted molar refractivity (Wildman–Crippen MR) is 199 cm³/mol. The first-order chi connectivity index (χ1) is 21.8. The molecule has 0 spiro atoms. The number of halogens is 1. The van der Waals surface area contributed by atoms with E-state index in [1.54, 1.807) is 5.56 Å². The number of aryl methyl sites for hydroxylation is 1. The third-order valence-corrected chi connectivity index (χ3v) is 10.3. The van der Waals surface area contributed by atoms with Crippen molar-refractivity contribution in [2.24, 2.45) is 7.05 Å². The van der Waals surface area contributed by atoms with Gasteiger partial charge in [0, 0.05) is 12.1 Å². The number of rotatable bonds is 35. The van der Waals surface area contributed by atoms with Crippen molar-refractivity contribution in [1.29, 1.82) is 0 Å². The number of hydrogen-bond donors (Lipinski definition) is 0. The van der Waals surface area contributed by atoms with Crippen LogP contribution in [0, 0.1) is 0 Å². The fourth-order valence-electron chi connectivity index (χ4n) is 7.14. The molecule has 266 valence electrons. The molecule has 0 aromatic carbocycles. The number of aromatic nitrogens is 1. The molecule has 0 saturated heterocycles. The fourth-order valence-corrected chi connectivity index (χ4v) is 7.14. The van der Waals surface area contributed by atoms with Crippen LogP contribution in [-0.2, 0) is 7.05 Å². The molecule has 0 atom stereocenters. The van der Waals surface area contributed by atoms with Crippen LogP contribution in [0.4, 0.5) is 0 Å². The van der Waals surface area contributed by atoms with Crippen molar-refractivity contribution in [2.45, 2.75) is 238 Å². The van der Waals surface area contributed by atoms with Gasteiger partial charge in [-0.05, 0) is 24.3 Å². The Morgan fingerprint density at radius 1 is 0.378 bits per heavy atom. The molecule has 0 N–H and O–H groups in total. The topological polar surface area (TPSA) is 3.88 Å². The standard InChI is InChI=1S/C43H82N.ClH/c1-4-6-8-10-12-14-16-18-20-22-24-26-28-30-32-34-36-42(43-38-40-44(3)41-39-43)37-35-33-31-29-27-25-23-21-19-17-15-13-11-9-7-5-2;/h38-42H,4-37H2,1-3H3;1H/q+1;/p-1. The average molecular weight is 649 g/mol. The van der Waals surface area contributed by atoms with Gasteiger partial charge in [-0.2, -0.15) is 0 Å². The molecule has 0 radical (unpaired) electrons. The van der Waals surface area contributed by atoms with Gasteiger partial charge in [0.2, 0.25) is 0 Å². The maximum Gasteiger partial charge on any atom is 0.168 e. The van der Waals surface area contributed by atoms with E-state index in [1.807, 2.05) is 0 Å². The molecule has 45 heavy (non-hydrogen) atoms. The highest BCUT2D eigenvalue weighted by atomic mass is 35.5. The highest BCUT2D eigenvalue weighted by Crippen LogP contribution is 2.28. The van der Waals surface area contributed by atoms with Crippen molar-refractivity contribution in [3.8, 4) is 0 Å². The molecule has 1 aromatic rings. The third-order valence-electron chi connectivity index (χ3n) is 10.3. The second kappa shape index (κ2) is 36.3. The second-order valence-corrected chi connectivity index (χ2v) is 14.7. The van der Waals surface area contributed by atoms with Gasteiger partial charge in [-0.1, -0.05) is 219 Å². The van der Waals surface area contributed by atoms with E-state index in [0.29, 0.717) is 0 Å².